The Morgan fingerprint density at radius 1 is 1.18 bits per heavy atom. The number of methoxy groups -OCH3 is 1. The number of carbonyl (C=O) groups is 3. The maximum absolute atomic E-state index is 13.8. The summed E-state index contributed by atoms with van der Waals surface area (Å²) < 4.78 is 6.35. The summed E-state index contributed by atoms with van der Waals surface area (Å²) in [6, 6.07) is 17.0. The van der Waals surface area contributed by atoms with Gasteiger partial charge in [-0.25, -0.2) is 9.78 Å². The van der Waals surface area contributed by atoms with Crippen molar-refractivity contribution in [1.82, 2.24) is 14.9 Å². The second-order valence-corrected chi connectivity index (χ2v) is 8.73. The van der Waals surface area contributed by atoms with Crippen LogP contribution in [-0.4, -0.2) is 46.2 Å². The fourth-order valence-corrected chi connectivity index (χ4v) is 4.45. The van der Waals surface area contributed by atoms with Crippen LogP contribution in [0.3, 0.4) is 0 Å². The quantitative estimate of drug-likeness (QED) is 0.445. The first-order valence-corrected chi connectivity index (χ1v) is 11.6. The molecule has 1 N–H and O–H groups in total. The molecule has 2 aromatic carbocycles. The number of nitrogens with one attached hydrogen (secondary N) is 1. The summed E-state index contributed by atoms with van der Waals surface area (Å²) in [4.78, 5) is 46.1. The van der Waals surface area contributed by atoms with Crippen LogP contribution in [0.5, 0.6) is 0 Å². The van der Waals surface area contributed by atoms with Gasteiger partial charge in [-0.1, -0.05) is 36.4 Å². The zero-order valence-corrected chi connectivity index (χ0v) is 19.4. The van der Waals surface area contributed by atoms with Gasteiger partial charge in [0.1, 0.15) is 11.2 Å². The van der Waals surface area contributed by atoms with Gasteiger partial charge in [-0.3, -0.25) is 14.5 Å². The summed E-state index contributed by atoms with van der Waals surface area (Å²) in [6.07, 6.45) is 3.34. The Labute approximate surface area is 195 Å². The SMILES string of the molecule is COC(=O)c1ncn2c1C(=O)N(c1cccc(SC)c1)C(C)(C(=O)NCc1ccccc1)C2. The van der Waals surface area contributed by atoms with Gasteiger partial charge < -0.3 is 14.6 Å². The molecule has 0 spiro atoms. The van der Waals surface area contributed by atoms with Gasteiger partial charge in [0.15, 0.2) is 5.69 Å². The molecule has 9 heteroatoms. The highest BCUT2D eigenvalue weighted by molar-refractivity contribution is 7.98. The number of aromatic nitrogens is 2. The van der Waals surface area contributed by atoms with Gasteiger partial charge in [0, 0.05) is 17.1 Å². The number of ether oxygens (including phenoxy) is 1. The number of hydrogen-bond donors (Lipinski definition) is 1. The number of esters is 1. The Hall–Kier alpha value is -3.59. The highest BCUT2D eigenvalue weighted by atomic mass is 32.2. The highest BCUT2D eigenvalue weighted by Gasteiger charge is 2.49. The number of rotatable bonds is 6. The van der Waals surface area contributed by atoms with E-state index in [9.17, 15) is 14.4 Å². The number of benzene rings is 2. The van der Waals surface area contributed by atoms with Crippen molar-refractivity contribution in [2.24, 2.45) is 0 Å². The number of thioether (sulfide) groups is 1. The van der Waals surface area contributed by atoms with E-state index in [1.54, 1.807) is 17.6 Å². The Morgan fingerprint density at radius 3 is 2.64 bits per heavy atom. The van der Waals surface area contributed by atoms with Gasteiger partial charge >= 0.3 is 5.97 Å². The number of anilines is 1. The van der Waals surface area contributed by atoms with Crippen molar-refractivity contribution in [2.45, 2.75) is 30.4 Å². The predicted octanol–water partition coefficient (Wildman–Crippen LogP) is 3.13. The lowest BCUT2D eigenvalue weighted by atomic mass is 9.93. The van der Waals surface area contributed by atoms with E-state index in [1.165, 1.54) is 30.1 Å². The Kier molecular flexibility index (Phi) is 6.24. The third kappa shape index (κ3) is 4.11. The van der Waals surface area contributed by atoms with Gasteiger partial charge in [-0.2, -0.15) is 0 Å². The normalized spacial score (nSPS) is 17.4. The van der Waals surface area contributed by atoms with Crippen molar-refractivity contribution < 1.29 is 19.1 Å². The van der Waals surface area contributed by atoms with Crippen molar-refractivity contribution in [3.05, 3.63) is 77.9 Å². The van der Waals surface area contributed by atoms with Crippen molar-refractivity contribution >= 4 is 35.2 Å². The molecule has 2 heterocycles. The van der Waals surface area contributed by atoms with Gasteiger partial charge in [0.2, 0.25) is 5.91 Å². The molecule has 1 unspecified atom stereocenters. The van der Waals surface area contributed by atoms with Crippen molar-refractivity contribution in [3.8, 4) is 0 Å². The molecule has 0 aliphatic carbocycles. The lowest BCUT2D eigenvalue weighted by molar-refractivity contribution is -0.126. The van der Waals surface area contributed by atoms with E-state index in [-0.39, 0.29) is 23.8 Å². The minimum atomic E-state index is -1.26. The summed E-state index contributed by atoms with van der Waals surface area (Å²) in [6.45, 7) is 2.17. The molecule has 0 radical (unpaired) electrons. The molecule has 2 amide bonds. The first kappa shape index (κ1) is 22.6. The molecule has 1 aliphatic rings. The van der Waals surface area contributed by atoms with E-state index >= 15 is 0 Å². The molecule has 1 atom stereocenters. The van der Waals surface area contributed by atoms with E-state index in [2.05, 4.69) is 10.3 Å². The largest absolute Gasteiger partial charge is 0.464 e. The molecule has 3 aromatic rings. The minimum Gasteiger partial charge on any atom is -0.464 e. The molecule has 0 fully saturated rings. The highest BCUT2D eigenvalue weighted by Crippen LogP contribution is 2.35. The van der Waals surface area contributed by atoms with Crippen molar-refractivity contribution in [2.75, 3.05) is 18.3 Å². The molecule has 0 saturated carbocycles. The molecule has 33 heavy (non-hydrogen) atoms. The van der Waals surface area contributed by atoms with E-state index in [0.717, 1.165) is 10.5 Å². The van der Waals surface area contributed by atoms with Gasteiger partial charge in [0.05, 0.1) is 20.0 Å². The Morgan fingerprint density at radius 2 is 1.94 bits per heavy atom. The molecular formula is C24H24N4O4S. The van der Waals surface area contributed by atoms with Crippen LogP contribution >= 0.6 is 11.8 Å². The Balaban J connectivity index is 1.77. The fourth-order valence-electron chi connectivity index (χ4n) is 4.00. The monoisotopic (exact) mass is 464 g/mol. The summed E-state index contributed by atoms with van der Waals surface area (Å²) >= 11 is 1.53. The standard InChI is InChI=1S/C24H24N4O4S/c1-24(23(31)25-13-16-8-5-4-6-9-16)14-27-15-26-19(22(30)32-2)20(27)21(29)28(24)17-10-7-11-18(12-17)33-3/h4-12,15H,13-14H2,1-3H3,(H,25,31). The number of amides is 2. The predicted molar refractivity (Wildman–Crippen MR) is 125 cm³/mol. The molecule has 1 aromatic heterocycles. The average molecular weight is 465 g/mol. The third-order valence-corrected chi connectivity index (χ3v) is 6.42. The molecule has 1 aliphatic heterocycles. The number of nitrogens with zero attached hydrogens (tertiary/aromatic N) is 3. The third-order valence-electron chi connectivity index (χ3n) is 5.69. The molecule has 4 rings (SSSR count). The maximum Gasteiger partial charge on any atom is 0.359 e. The average Bonchev–Trinajstić information content (AvgIpc) is 3.26. The van der Waals surface area contributed by atoms with Crippen LogP contribution in [0.1, 0.15) is 33.5 Å². The maximum atomic E-state index is 13.8. The van der Waals surface area contributed by atoms with Gasteiger partial charge in [0.25, 0.3) is 5.91 Å². The number of imidazole rings is 1. The van der Waals surface area contributed by atoms with Crippen LogP contribution in [0.15, 0.2) is 65.8 Å². The molecule has 170 valence electrons. The van der Waals surface area contributed by atoms with Gasteiger partial charge in [-0.05, 0) is 36.9 Å². The van der Waals surface area contributed by atoms with Gasteiger partial charge in [-0.15, -0.1) is 11.8 Å². The Bertz CT molecular complexity index is 1210. The second-order valence-electron chi connectivity index (χ2n) is 7.85. The molecule has 0 bridgehead atoms. The van der Waals surface area contributed by atoms with Crippen molar-refractivity contribution in [1.29, 1.82) is 0 Å². The van der Waals surface area contributed by atoms with Crippen LogP contribution in [0.4, 0.5) is 5.69 Å². The summed E-state index contributed by atoms with van der Waals surface area (Å²) in [5, 5.41) is 2.97. The molecular weight excluding hydrogens is 440 g/mol. The van der Waals surface area contributed by atoms with E-state index in [4.69, 9.17) is 4.74 Å². The lowest BCUT2D eigenvalue weighted by Crippen LogP contribution is -2.64. The zero-order chi connectivity index (χ0) is 23.6. The first-order chi connectivity index (χ1) is 15.9. The van der Waals surface area contributed by atoms with E-state index < -0.39 is 17.4 Å². The van der Waals surface area contributed by atoms with Crippen LogP contribution in [-0.2, 0) is 22.6 Å². The smallest absolute Gasteiger partial charge is 0.359 e. The molecule has 8 nitrogen and oxygen atoms in total. The molecule has 0 saturated heterocycles. The van der Waals surface area contributed by atoms with E-state index in [1.807, 2.05) is 54.8 Å². The number of fused-ring (bicyclic) bond motifs is 1. The van der Waals surface area contributed by atoms with Crippen LogP contribution < -0.4 is 10.2 Å². The topological polar surface area (TPSA) is 93.5 Å². The summed E-state index contributed by atoms with van der Waals surface area (Å²) in [5.74, 6) is -1.50. The van der Waals surface area contributed by atoms with Crippen LogP contribution in [0.25, 0.3) is 0 Å². The fraction of sp³-hybridized carbons (Fsp3) is 0.250. The second kappa shape index (κ2) is 9.11. The minimum absolute atomic E-state index is 0.0692. The van der Waals surface area contributed by atoms with Crippen molar-refractivity contribution in [3.63, 3.8) is 0 Å². The lowest BCUT2D eigenvalue weighted by Gasteiger charge is -2.43. The zero-order valence-electron chi connectivity index (χ0n) is 18.6. The first-order valence-electron chi connectivity index (χ1n) is 10.3. The summed E-state index contributed by atoms with van der Waals surface area (Å²) in [5.41, 5.74) is 0.283. The number of carbonyl (C=O) groups excluding carboxylic acids is 3. The number of hydrogen-bond acceptors (Lipinski definition) is 6. The summed E-state index contributed by atoms with van der Waals surface area (Å²) in [7, 11) is 1.24. The van der Waals surface area contributed by atoms with Crippen LogP contribution in [0, 0.1) is 0 Å². The van der Waals surface area contributed by atoms with Crippen LogP contribution in [0.2, 0.25) is 0 Å². The van der Waals surface area contributed by atoms with E-state index in [0.29, 0.717) is 12.2 Å².